The van der Waals surface area contributed by atoms with E-state index in [1.54, 1.807) is 12.1 Å². The molecule has 1 amide bonds. The number of halogens is 3. The van der Waals surface area contributed by atoms with Gasteiger partial charge >= 0.3 is 0 Å². The van der Waals surface area contributed by atoms with Gasteiger partial charge in [0, 0.05) is 14.5 Å². The number of carbonyl (C=O) groups is 1. The van der Waals surface area contributed by atoms with Crippen LogP contribution < -0.4 is 10.3 Å². The highest BCUT2D eigenvalue weighted by Crippen LogP contribution is 2.42. The van der Waals surface area contributed by atoms with Crippen molar-refractivity contribution in [3.8, 4) is 0 Å². The van der Waals surface area contributed by atoms with Crippen molar-refractivity contribution >= 4 is 63.1 Å². The number of anilines is 1. The van der Waals surface area contributed by atoms with Crippen LogP contribution in [0.15, 0.2) is 47.6 Å². The molecule has 8 heteroatoms. The highest BCUT2D eigenvalue weighted by atomic mass is 127. The molecular formula is C23H24Cl2IN3O2. The molecule has 4 rings (SSSR count). The Labute approximate surface area is 205 Å². The lowest BCUT2D eigenvalue weighted by Gasteiger charge is -2.29. The maximum absolute atomic E-state index is 13.2. The molecule has 1 saturated carbocycles. The smallest absolute Gasteiger partial charge is 0.268 e. The van der Waals surface area contributed by atoms with Crippen molar-refractivity contribution in [3.63, 3.8) is 0 Å². The summed E-state index contributed by atoms with van der Waals surface area (Å²) in [6.45, 7) is 2.00. The van der Waals surface area contributed by atoms with Crippen molar-refractivity contribution in [2.24, 2.45) is 11.0 Å². The Morgan fingerprint density at radius 1 is 1.16 bits per heavy atom. The maximum atomic E-state index is 13.2. The van der Waals surface area contributed by atoms with Crippen LogP contribution in [0.1, 0.15) is 44.2 Å². The van der Waals surface area contributed by atoms with Gasteiger partial charge in [0.25, 0.3) is 5.91 Å². The SMILES string of the molecule is C[C@H]1C(C(=O)N[C@H]2CCCCC2O)=NN(c2ccc(Cl)cc2Cl)[C@H]1c1ccc(I)cc1. The number of benzene rings is 2. The first-order chi connectivity index (χ1) is 14.8. The number of hydrogen-bond donors (Lipinski definition) is 2. The molecular weight excluding hydrogens is 548 g/mol. The molecule has 1 fully saturated rings. The van der Waals surface area contributed by atoms with E-state index in [1.165, 1.54) is 0 Å². The average molecular weight is 572 g/mol. The largest absolute Gasteiger partial charge is 0.391 e. The Balaban J connectivity index is 1.68. The van der Waals surface area contributed by atoms with Crippen molar-refractivity contribution in [2.75, 3.05) is 5.01 Å². The molecule has 2 aromatic carbocycles. The minimum absolute atomic E-state index is 0.174. The van der Waals surface area contributed by atoms with Gasteiger partial charge in [0.1, 0.15) is 5.71 Å². The number of aliphatic hydroxyl groups excluding tert-OH is 1. The molecule has 5 nitrogen and oxygen atoms in total. The third-order valence-corrected chi connectivity index (χ3v) is 7.29. The Morgan fingerprint density at radius 3 is 2.55 bits per heavy atom. The fraction of sp³-hybridized carbons (Fsp3) is 0.391. The number of amides is 1. The lowest BCUT2D eigenvalue weighted by Crippen LogP contribution is -2.48. The standard InChI is InChI=1S/C23H24Cl2IN3O2/c1-13-21(23(31)27-18-4-2-3-5-20(18)30)28-29(19-11-8-15(24)12-17(19)25)22(13)14-6-9-16(26)10-7-14/h6-13,18,20,22,30H,2-5H2,1H3,(H,27,31)/t13-,18-,20?,22+/m0/s1. The molecule has 0 aromatic heterocycles. The molecule has 2 N–H and O–H groups in total. The molecule has 0 saturated heterocycles. The molecule has 2 aromatic rings. The molecule has 1 unspecified atom stereocenters. The van der Waals surface area contributed by atoms with Crippen molar-refractivity contribution < 1.29 is 9.90 Å². The third kappa shape index (κ3) is 4.87. The van der Waals surface area contributed by atoms with Crippen LogP contribution in [0, 0.1) is 9.49 Å². The Bertz CT molecular complexity index is 999. The van der Waals surface area contributed by atoms with Crippen LogP contribution in [0.25, 0.3) is 0 Å². The summed E-state index contributed by atoms with van der Waals surface area (Å²) < 4.78 is 1.13. The Kier molecular flexibility index (Phi) is 7.10. The fourth-order valence-electron chi connectivity index (χ4n) is 4.37. The zero-order chi connectivity index (χ0) is 22.1. The van der Waals surface area contributed by atoms with Crippen molar-refractivity contribution in [2.45, 2.75) is 50.8 Å². The fourth-order valence-corrected chi connectivity index (χ4v) is 5.22. The van der Waals surface area contributed by atoms with Gasteiger partial charge in [0.2, 0.25) is 0 Å². The molecule has 0 bridgehead atoms. The van der Waals surface area contributed by atoms with Crippen LogP contribution in [-0.2, 0) is 4.79 Å². The summed E-state index contributed by atoms with van der Waals surface area (Å²) in [7, 11) is 0. The van der Waals surface area contributed by atoms with Gasteiger partial charge in [-0.15, -0.1) is 0 Å². The van der Waals surface area contributed by atoms with E-state index in [1.807, 2.05) is 30.1 Å². The summed E-state index contributed by atoms with van der Waals surface area (Å²) in [5.41, 5.74) is 2.18. The Hall–Kier alpha value is -1.35. The lowest BCUT2D eigenvalue weighted by atomic mass is 9.89. The third-order valence-electron chi connectivity index (χ3n) is 6.03. The number of nitrogens with one attached hydrogen (secondary N) is 1. The first-order valence-electron chi connectivity index (χ1n) is 10.4. The van der Waals surface area contributed by atoms with E-state index >= 15 is 0 Å². The molecule has 1 heterocycles. The molecule has 0 radical (unpaired) electrons. The number of nitrogens with zero attached hydrogens (tertiary/aromatic N) is 2. The van der Waals surface area contributed by atoms with E-state index in [0.29, 0.717) is 27.9 Å². The summed E-state index contributed by atoms with van der Waals surface area (Å²) >= 11 is 14.9. The number of aliphatic hydroxyl groups is 1. The van der Waals surface area contributed by atoms with Gasteiger partial charge in [-0.2, -0.15) is 5.10 Å². The quantitative estimate of drug-likeness (QED) is 0.471. The van der Waals surface area contributed by atoms with Crippen molar-refractivity contribution in [1.82, 2.24) is 5.32 Å². The molecule has 4 atom stereocenters. The van der Waals surface area contributed by atoms with Gasteiger partial charge in [0.15, 0.2) is 0 Å². The van der Waals surface area contributed by atoms with Gasteiger partial charge in [-0.1, -0.05) is 55.1 Å². The number of rotatable bonds is 4. The van der Waals surface area contributed by atoms with Gasteiger partial charge in [-0.25, -0.2) is 0 Å². The van der Waals surface area contributed by atoms with Crippen LogP contribution in [-0.4, -0.2) is 28.9 Å². The summed E-state index contributed by atoms with van der Waals surface area (Å²) in [6.07, 6.45) is 2.97. The second-order valence-corrected chi connectivity index (χ2v) is 10.2. The van der Waals surface area contributed by atoms with E-state index in [9.17, 15) is 9.90 Å². The van der Waals surface area contributed by atoms with E-state index in [4.69, 9.17) is 28.3 Å². The minimum Gasteiger partial charge on any atom is -0.391 e. The summed E-state index contributed by atoms with van der Waals surface area (Å²) in [6, 6.07) is 13.1. The van der Waals surface area contributed by atoms with Crippen LogP contribution in [0.4, 0.5) is 5.69 Å². The first kappa shape index (κ1) is 22.8. The molecule has 1 aliphatic carbocycles. The van der Waals surface area contributed by atoms with Crippen LogP contribution >= 0.6 is 45.8 Å². The molecule has 1 aliphatic heterocycles. The van der Waals surface area contributed by atoms with E-state index in [-0.39, 0.29) is 23.9 Å². The molecule has 0 spiro atoms. The van der Waals surface area contributed by atoms with E-state index in [0.717, 1.165) is 28.4 Å². The van der Waals surface area contributed by atoms with E-state index < -0.39 is 6.10 Å². The summed E-state index contributed by atoms with van der Waals surface area (Å²) in [5, 5.41) is 20.9. The van der Waals surface area contributed by atoms with Crippen LogP contribution in [0.2, 0.25) is 10.0 Å². The number of hydrazone groups is 1. The summed E-state index contributed by atoms with van der Waals surface area (Å²) in [5.74, 6) is -0.408. The van der Waals surface area contributed by atoms with E-state index in [2.05, 4.69) is 40.0 Å². The first-order valence-corrected chi connectivity index (χ1v) is 12.3. The van der Waals surface area contributed by atoms with Crippen molar-refractivity contribution in [1.29, 1.82) is 0 Å². The Morgan fingerprint density at radius 2 is 1.87 bits per heavy atom. The lowest BCUT2D eigenvalue weighted by molar-refractivity contribution is -0.116. The van der Waals surface area contributed by atoms with Gasteiger partial charge in [0.05, 0.1) is 28.9 Å². The maximum Gasteiger partial charge on any atom is 0.268 e. The highest BCUT2D eigenvalue weighted by molar-refractivity contribution is 14.1. The monoisotopic (exact) mass is 571 g/mol. The van der Waals surface area contributed by atoms with Crippen molar-refractivity contribution in [3.05, 3.63) is 61.6 Å². The average Bonchev–Trinajstić information content (AvgIpc) is 3.07. The summed E-state index contributed by atoms with van der Waals surface area (Å²) in [4.78, 5) is 13.2. The molecule has 164 valence electrons. The predicted molar refractivity (Wildman–Crippen MR) is 134 cm³/mol. The second-order valence-electron chi connectivity index (χ2n) is 8.14. The zero-order valence-corrected chi connectivity index (χ0v) is 20.7. The number of hydrogen-bond acceptors (Lipinski definition) is 4. The van der Waals surface area contributed by atoms with Crippen LogP contribution in [0.3, 0.4) is 0 Å². The topological polar surface area (TPSA) is 64.9 Å². The predicted octanol–water partition coefficient (Wildman–Crippen LogP) is 5.57. The second kappa shape index (κ2) is 9.65. The van der Waals surface area contributed by atoms with Crippen LogP contribution in [0.5, 0.6) is 0 Å². The molecule has 31 heavy (non-hydrogen) atoms. The highest BCUT2D eigenvalue weighted by Gasteiger charge is 2.41. The minimum atomic E-state index is -0.510. The van der Waals surface area contributed by atoms with Gasteiger partial charge in [-0.05, 0) is 71.3 Å². The zero-order valence-electron chi connectivity index (χ0n) is 17.1. The normalized spacial score (nSPS) is 26.0. The molecule has 2 aliphatic rings. The number of carbonyl (C=O) groups excluding carboxylic acids is 1. The van der Waals surface area contributed by atoms with Gasteiger partial charge in [-0.3, -0.25) is 9.80 Å². The van der Waals surface area contributed by atoms with Gasteiger partial charge < -0.3 is 10.4 Å².